The van der Waals surface area contributed by atoms with E-state index in [-0.39, 0.29) is 11.4 Å². The van der Waals surface area contributed by atoms with Crippen LogP contribution >= 0.6 is 0 Å². The number of hydrogen-bond donors (Lipinski definition) is 2. The molecule has 0 fully saturated rings. The van der Waals surface area contributed by atoms with E-state index in [2.05, 4.69) is 20.8 Å². The van der Waals surface area contributed by atoms with Crippen molar-refractivity contribution in [1.29, 1.82) is 0 Å². The second-order valence-corrected chi connectivity index (χ2v) is 2.54. The Labute approximate surface area is 80.5 Å². The first-order chi connectivity index (χ1) is 6.60. The van der Waals surface area contributed by atoms with Crippen LogP contribution in [0.25, 0.3) is 0 Å². The third kappa shape index (κ3) is 1.70. The summed E-state index contributed by atoms with van der Waals surface area (Å²) in [5.41, 5.74) is 0.0451. The molecule has 1 rings (SSSR count). The molecule has 0 saturated carbocycles. The van der Waals surface area contributed by atoms with Crippen LogP contribution in [0.3, 0.4) is 0 Å². The predicted octanol–water partition coefficient (Wildman–Crippen LogP) is -1.47. The Morgan fingerprint density at radius 3 is 1.71 bits per heavy atom. The summed E-state index contributed by atoms with van der Waals surface area (Å²) in [4.78, 5) is 23.7. The van der Waals surface area contributed by atoms with Gasteiger partial charge in [0.25, 0.3) is 11.8 Å². The van der Waals surface area contributed by atoms with Crippen LogP contribution in [0, 0.1) is 0 Å². The lowest BCUT2D eigenvalue weighted by Gasteiger charge is -1.96. The lowest BCUT2D eigenvalue weighted by molar-refractivity contribution is 0.0924. The first-order valence-corrected chi connectivity index (χ1v) is 3.95. The average molecular weight is 197 g/mol. The predicted molar refractivity (Wildman–Crippen MR) is 47.8 cm³/mol. The monoisotopic (exact) mass is 197 g/mol. The molecule has 0 unspecified atom stereocenters. The topological polar surface area (TPSA) is 88.9 Å². The molecule has 0 bridgehead atoms. The Morgan fingerprint density at radius 1 is 1.07 bits per heavy atom. The van der Waals surface area contributed by atoms with Gasteiger partial charge in [0.2, 0.25) is 0 Å². The molecule has 0 atom stereocenters. The van der Waals surface area contributed by atoms with Gasteiger partial charge in [0, 0.05) is 21.1 Å². The summed E-state index contributed by atoms with van der Waals surface area (Å²) >= 11 is 0. The molecule has 0 radical (unpaired) electrons. The van der Waals surface area contributed by atoms with Gasteiger partial charge >= 0.3 is 0 Å². The van der Waals surface area contributed by atoms with Crippen LogP contribution in [0.5, 0.6) is 0 Å². The van der Waals surface area contributed by atoms with E-state index in [4.69, 9.17) is 0 Å². The van der Waals surface area contributed by atoms with Crippen molar-refractivity contribution < 1.29 is 9.59 Å². The van der Waals surface area contributed by atoms with Crippen molar-refractivity contribution in [2.75, 3.05) is 14.1 Å². The van der Waals surface area contributed by atoms with Crippen LogP contribution in [0.2, 0.25) is 0 Å². The summed E-state index contributed by atoms with van der Waals surface area (Å²) in [6.45, 7) is 0. The summed E-state index contributed by atoms with van der Waals surface area (Å²) in [6.07, 6.45) is 0. The third-order valence-corrected chi connectivity index (χ3v) is 1.60. The minimum Gasteiger partial charge on any atom is -0.354 e. The van der Waals surface area contributed by atoms with Crippen molar-refractivity contribution in [3.63, 3.8) is 0 Å². The van der Waals surface area contributed by atoms with Gasteiger partial charge in [0.1, 0.15) is 0 Å². The highest BCUT2D eigenvalue weighted by atomic mass is 16.2. The molecule has 7 heteroatoms. The maximum atomic E-state index is 11.3. The Hall–Kier alpha value is -1.92. The molecule has 14 heavy (non-hydrogen) atoms. The smallest absolute Gasteiger partial charge is 0.274 e. The molecule has 0 saturated heterocycles. The fraction of sp³-hybridized carbons (Fsp3) is 0.429. The van der Waals surface area contributed by atoms with E-state index in [9.17, 15) is 9.59 Å². The maximum Gasteiger partial charge on any atom is 0.274 e. The normalized spacial score (nSPS) is 9.64. The van der Waals surface area contributed by atoms with Crippen molar-refractivity contribution in [2.24, 2.45) is 7.05 Å². The minimum absolute atomic E-state index is 0.0225. The van der Waals surface area contributed by atoms with Crippen LogP contribution in [0.15, 0.2) is 0 Å². The summed E-state index contributed by atoms with van der Waals surface area (Å²) in [7, 11) is 4.47. The van der Waals surface area contributed by atoms with E-state index < -0.39 is 11.8 Å². The van der Waals surface area contributed by atoms with Crippen molar-refractivity contribution >= 4 is 11.8 Å². The van der Waals surface area contributed by atoms with Crippen molar-refractivity contribution in [2.45, 2.75) is 0 Å². The lowest BCUT2D eigenvalue weighted by atomic mass is 10.3. The standard InChI is InChI=1S/C7H11N5O2/c1-8-6(13)4-5(7(14)9-2)11-12(3)10-4/h1-3H3,(H,8,13)(H,9,14). The number of amides is 2. The Kier molecular flexibility index (Phi) is 2.80. The van der Waals surface area contributed by atoms with Gasteiger partial charge in [-0.25, -0.2) is 0 Å². The molecular weight excluding hydrogens is 186 g/mol. The van der Waals surface area contributed by atoms with Crippen LogP contribution in [-0.4, -0.2) is 40.9 Å². The van der Waals surface area contributed by atoms with Gasteiger partial charge < -0.3 is 10.6 Å². The van der Waals surface area contributed by atoms with E-state index in [0.29, 0.717) is 0 Å². The molecule has 7 nitrogen and oxygen atoms in total. The fourth-order valence-electron chi connectivity index (χ4n) is 0.949. The highest BCUT2D eigenvalue weighted by Gasteiger charge is 2.21. The zero-order chi connectivity index (χ0) is 10.7. The molecule has 0 aliphatic heterocycles. The molecule has 2 amide bonds. The number of carbonyl (C=O) groups excluding carboxylic acids is 2. The molecule has 1 aromatic rings. The zero-order valence-corrected chi connectivity index (χ0v) is 8.16. The lowest BCUT2D eigenvalue weighted by Crippen LogP contribution is -2.25. The summed E-state index contributed by atoms with van der Waals surface area (Å²) in [5, 5.41) is 12.3. The van der Waals surface area contributed by atoms with Gasteiger partial charge in [-0.15, -0.1) is 10.2 Å². The fourth-order valence-corrected chi connectivity index (χ4v) is 0.949. The summed E-state index contributed by atoms with van der Waals surface area (Å²) < 4.78 is 0. The zero-order valence-electron chi connectivity index (χ0n) is 8.16. The molecule has 0 aliphatic rings. The maximum absolute atomic E-state index is 11.3. The van der Waals surface area contributed by atoms with E-state index in [1.54, 1.807) is 7.05 Å². The third-order valence-electron chi connectivity index (χ3n) is 1.60. The number of hydrogen-bond acceptors (Lipinski definition) is 4. The van der Waals surface area contributed by atoms with Crippen LogP contribution in [0.4, 0.5) is 0 Å². The number of carbonyl (C=O) groups is 2. The van der Waals surface area contributed by atoms with Gasteiger partial charge in [-0.05, 0) is 0 Å². The van der Waals surface area contributed by atoms with Gasteiger partial charge in [-0.2, -0.15) is 4.80 Å². The highest BCUT2D eigenvalue weighted by Crippen LogP contribution is 2.01. The van der Waals surface area contributed by atoms with Crippen molar-refractivity contribution in [3.05, 3.63) is 11.4 Å². The molecule has 76 valence electrons. The van der Waals surface area contributed by atoms with Crippen molar-refractivity contribution in [3.8, 4) is 0 Å². The number of nitrogens with zero attached hydrogens (tertiary/aromatic N) is 3. The summed E-state index contributed by atoms with van der Waals surface area (Å²) in [5.74, 6) is -0.867. The average Bonchev–Trinajstić information content (AvgIpc) is 2.58. The first-order valence-electron chi connectivity index (χ1n) is 3.95. The quantitative estimate of drug-likeness (QED) is 0.606. The van der Waals surface area contributed by atoms with E-state index >= 15 is 0 Å². The molecule has 2 N–H and O–H groups in total. The van der Waals surface area contributed by atoms with Crippen LogP contribution in [0.1, 0.15) is 21.0 Å². The van der Waals surface area contributed by atoms with E-state index in [1.807, 2.05) is 0 Å². The van der Waals surface area contributed by atoms with Gasteiger partial charge in [0.15, 0.2) is 11.4 Å². The number of aromatic nitrogens is 3. The molecule has 0 spiro atoms. The molecule has 1 heterocycles. The molecule has 0 aliphatic carbocycles. The van der Waals surface area contributed by atoms with E-state index in [0.717, 1.165) is 0 Å². The van der Waals surface area contributed by atoms with Crippen LogP contribution < -0.4 is 10.6 Å². The molecular formula is C7H11N5O2. The Balaban J connectivity index is 3.15. The summed E-state index contributed by atoms with van der Waals surface area (Å²) in [6, 6.07) is 0. The number of aryl methyl sites for hydroxylation is 1. The number of nitrogens with one attached hydrogen (secondary N) is 2. The van der Waals surface area contributed by atoms with E-state index in [1.165, 1.54) is 18.9 Å². The first kappa shape index (κ1) is 10.2. The Morgan fingerprint density at radius 2 is 1.43 bits per heavy atom. The minimum atomic E-state index is -0.434. The molecule has 0 aromatic carbocycles. The highest BCUT2D eigenvalue weighted by molar-refractivity contribution is 6.04. The Bertz CT molecular complexity index is 337. The van der Waals surface area contributed by atoms with Gasteiger partial charge in [0.05, 0.1) is 0 Å². The number of rotatable bonds is 2. The largest absolute Gasteiger partial charge is 0.354 e. The second-order valence-electron chi connectivity index (χ2n) is 2.54. The van der Waals surface area contributed by atoms with Gasteiger partial charge in [-0.1, -0.05) is 0 Å². The van der Waals surface area contributed by atoms with Crippen molar-refractivity contribution in [1.82, 2.24) is 25.6 Å². The van der Waals surface area contributed by atoms with Crippen LogP contribution in [-0.2, 0) is 7.05 Å². The SMILES string of the molecule is CNC(=O)c1nn(C)nc1C(=O)NC. The second kappa shape index (κ2) is 3.86. The molecule has 1 aromatic heterocycles. The van der Waals surface area contributed by atoms with Gasteiger partial charge in [-0.3, -0.25) is 9.59 Å².